The fourth-order valence-corrected chi connectivity index (χ4v) is 2.79. The molecule has 23 heavy (non-hydrogen) atoms. The summed E-state index contributed by atoms with van der Waals surface area (Å²) in [6.07, 6.45) is 3.40. The van der Waals surface area contributed by atoms with E-state index in [1.807, 2.05) is 0 Å². The van der Waals surface area contributed by atoms with Gasteiger partial charge in [0.15, 0.2) is 0 Å². The van der Waals surface area contributed by atoms with Crippen LogP contribution in [0.1, 0.15) is 46.4 Å². The van der Waals surface area contributed by atoms with Gasteiger partial charge in [0.25, 0.3) is 11.8 Å². The van der Waals surface area contributed by atoms with Crippen molar-refractivity contribution in [3.8, 4) is 0 Å². The molecule has 0 saturated heterocycles. The molecule has 1 aromatic carbocycles. The van der Waals surface area contributed by atoms with Gasteiger partial charge in [-0.05, 0) is 31.0 Å². The zero-order valence-corrected chi connectivity index (χ0v) is 14.3. The molecule has 0 aromatic heterocycles. The molecular formula is C16H19BrN2O4. The molecule has 3 amide bonds. The van der Waals surface area contributed by atoms with Crippen molar-refractivity contribution in [3.63, 3.8) is 0 Å². The van der Waals surface area contributed by atoms with Crippen LogP contribution in [0.15, 0.2) is 22.7 Å². The average Bonchev–Trinajstić information content (AvgIpc) is 2.75. The van der Waals surface area contributed by atoms with Crippen LogP contribution in [0, 0.1) is 0 Å². The molecule has 0 bridgehead atoms. The first kappa shape index (κ1) is 17.6. The van der Waals surface area contributed by atoms with Crippen molar-refractivity contribution in [1.82, 2.24) is 10.2 Å². The Morgan fingerprint density at radius 3 is 2.52 bits per heavy atom. The highest BCUT2D eigenvalue weighted by Crippen LogP contribution is 2.25. The van der Waals surface area contributed by atoms with Gasteiger partial charge in [-0.3, -0.25) is 19.3 Å². The minimum atomic E-state index is -0.440. The molecule has 2 N–H and O–H groups in total. The Hall–Kier alpha value is -1.73. The molecule has 1 aromatic rings. The third-order valence-corrected chi connectivity index (χ3v) is 4.13. The van der Waals surface area contributed by atoms with E-state index in [-0.39, 0.29) is 19.1 Å². The van der Waals surface area contributed by atoms with Crippen LogP contribution in [-0.2, 0) is 4.79 Å². The first-order valence-electron chi connectivity index (χ1n) is 7.58. The van der Waals surface area contributed by atoms with E-state index in [1.54, 1.807) is 18.2 Å². The predicted molar refractivity (Wildman–Crippen MR) is 88.1 cm³/mol. The number of hydrogen-bond donors (Lipinski definition) is 2. The lowest BCUT2D eigenvalue weighted by atomic mass is 10.1. The normalized spacial score (nSPS) is 13.4. The number of carbonyl (C=O) groups is 3. The summed E-state index contributed by atoms with van der Waals surface area (Å²) >= 11 is 3.27. The molecule has 1 aliphatic rings. The number of aliphatic hydroxyl groups is 1. The molecule has 1 aliphatic heterocycles. The van der Waals surface area contributed by atoms with E-state index in [0.717, 1.165) is 30.6 Å². The minimum absolute atomic E-state index is 0.183. The second-order valence-corrected chi connectivity index (χ2v) is 6.29. The third kappa shape index (κ3) is 4.39. The van der Waals surface area contributed by atoms with E-state index in [0.29, 0.717) is 22.1 Å². The van der Waals surface area contributed by atoms with E-state index in [2.05, 4.69) is 21.2 Å². The molecule has 6 nitrogen and oxygen atoms in total. The van der Waals surface area contributed by atoms with Crippen molar-refractivity contribution in [3.05, 3.63) is 33.8 Å². The van der Waals surface area contributed by atoms with Gasteiger partial charge in [-0.25, -0.2) is 0 Å². The summed E-state index contributed by atoms with van der Waals surface area (Å²) < 4.78 is 0.714. The Morgan fingerprint density at radius 1 is 1.09 bits per heavy atom. The van der Waals surface area contributed by atoms with Crippen molar-refractivity contribution < 1.29 is 19.5 Å². The van der Waals surface area contributed by atoms with Crippen molar-refractivity contribution in [1.29, 1.82) is 0 Å². The average molecular weight is 383 g/mol. The van der Waals surface area contributed by atoms with E-state index in [4.69, 9.17) is 5.11 Å². The highest BCUT2D eigenvalue weighted by atomic mass is 79.9. The standard InChI is InChI=1S/C16H19BrN2O4/c17-11-5-6-12-13(9-11)16(23)19(15(12)22)10-14(21)18-7-3-1-2-4-8-20/h5-6,9,20H,1-4,7-8,10H2,(H,18,21). The number of nitrogens with zero attached hydrogens (tertiary/aromatic N) is 1. The van der Waals surface area contributed by atoms with E-state index < -0.39 is 11.8 Å². The van der Waals surface area contributed by atoms with E-state index in [9.17, 15) is 14.4 Å². The first-order chi connectivity index (χ1) is 11.0. The summed E-state index contributed by atoms with van der Waals surface area (Å²) in [4.78, 5) is 37.3. The second-order valence-electron chi connectivity index (χ2n) is 5.37. The van der Waals surface area contributed by atoms with Gasteiger partial charge in [-0.1, -0.05) is 28.8 Å². The van der Waals surface area contributed by atoms with Crippen LogP contribution in [0.2, 0.25) is 0 Å². The zero-order valence-electron chi connectivity index (χ0n) is 12.7. The smallest absolute Gasteiger partial charge is 0.262 e. The molecular weight excluding hydrogens is 364 g/mol. The number of rotatable bonds is 8. The highest BCUT2D eigenvalue weighted by molar-refractivity contribution is 9.10. The molecule has 0 fully saturated rings. The van der Waals surface area contributed by atoms with Crippen LogP contribution in [0.4, 0.5) is 0 Å². The fourth-order valence-electron chi connectivity index (χ4n) is 2.42. The molecule has 0 saturated carbocycles. The van der Waals surface area contributed by atoms with E-state index in [1.165, 1.54) is 0 Å². The Balaban J connectivity index is 1.83. The Labute approximate surface area is 143 Å². The summed E-state index contributed by atoms with van der Waals surface area (Å²) in [5, 5.41) is 11.4. The van der Waals surface area contributed by atoms with Gasteiger partial charge in [0.1, 0.15) is 6.54 Å². The van der Waals surface area contributed by atoms with Gasteiger partial charge in [-0.2, -0.15) is 0 Å². The van der Waals surface area contributed by atoms with Crippen molar-refractivity contribution >= 4 is 33.7 Å². The van der Waals surface area contributed by atoms with Gasteiger partial charge in [0, 0.05) is 17.6 Å². The maximum atomic E-state index is 12.2. The number of benzene rings is 1. The molecule has 0 atom stereocenters. The summed E-state index contributed by atoms with van der Waals surface area (Å²) in [5.41, 5.74) is 0.649. The van der Waals surface area contributed by atoms with Crippen LogP contribution in [0.5, 0.6) is 0 Å². The van der Waals surface area contributed by atoms with Crippen LogP contribution >= 0.6 is 15.9 Å². The van der Waals surface area contributed by atoms with Crippen molar-refractivity contribution in [2.24, 2.45) is 0 Å². The number of nitrogens with one attached hydrogen (secondary N) is 1. The first-order valence-corrected chi connectivity index (χ1v) is 8.37. The van der Waals surface area contributed by atoms with Crippen molar-refractivity contribution in [2.45, 2.75) is 25.7 Å². The van der Waals surface area contributed by atoms with Gasteiger partial charge in [0.05, 0.1) is 11.1 Å². The number of unbranched alkanes of at least 4 members (excludes halogenated alkanes) is 3. The van der Waals surface area contributed by atoms with Crippen LogP contribution in [0.25, 0.3) is 0 Å². The topological polar surface area (TPSA) is 86.7 Å². The molecule has 1 heterocycles. The molecule has 7 heteroatoms. The van der Waals surface area contributed by atoms with Crippen molar-refractivity contribution in [2.75, 3.05) is 19.7 Å². The number of halogens is 1. The number of carbonyl (C=O) groups excluding carboxylic acids is 3. The van der Waals surface area contributed by atoms with Crippen LogP contribution in [-0.4, -0.2) is 47.4 Å². The number of aliphatic hydroxyl groups excluding tert-OH is 1. The summed E-state index contributed by atoms with van der Waals surface area (Å²) in [5.74, 6) is -1.22. The summed E-state index contributed by atoms with van der Waals surface area (Å²) in [7, 11) is 0. The zero-order chi connectivity index (χ0) is 16.8. The van der Waals surface area contributed by atoms with Crippen LogP contribution in [0.3, 0.4) is 0 Å². The Kier molecular flexibility index (Phi) is 6.29. The number of hydrogen-bond acceptors (Lipinski definition) is 4. The molecule has 2 rings (SSSR count). The lowest BCUT2D eigenvalue weighted by Crippen LogP contribution is -2.40. The molecule has 124 valence electrons. The molecule has 0 radical (unpaired) electrons. The maximum Gasteiger partial charge on any atom is 0.262 e. The largest absolute Gasteiger partial charge is 0.396 e. The Bertz CT molecular complexity index is 618. The minimum Gasteiger partial charge on any atom is -0.396 e. The molecule has 0 unspecified atom stereocenters. The quantitative estimate of drug-likeness (QED) is 0.529. The Morgan fingerprint density at radius 2 is 1.78 bits per heavy atom. The number of amides is 3. The SMILES string of the molecule is O=C(CN1C(=O)c2ccc(Br)cc2C1=O)NCCCCCCO. The molecule has 0 aliphatic carbocycles. The second kappa shape index (κ2) is 8.21. The predicted octanol–water partition coefficient (Wildman–Crippen LogP) is 1.71. The van der Waals surface area contributed by atoms with Gasteiger partial charge >= 0.3 is 0 Å². The van der Waals surface area contributed by atoms with Crippen LogP contribution < -0.4 is 5.32 Å². The van der Waals surface area contributed by atoms with Gasteiger partial charge < -0.3 is 10.4 Å². The van der Waals surface area contributed by atoms with Gasteiger partial charge in [-0.15, -0.1) is 0 Å². The number of fused-ring (bicyclic) bond motifs is 1. The highest BCUT2D eigenvalue weighted by Gasteiger charge is 2.36. The van der Waals surface area contributed by atoms with E-state index >= 15 is 0 Å². The lowest BCUT2D eigenvalue weighted by Gasteiger charge is -2.13. The lowest BCUT2D eigenvalue weighted by molar-refractivity contribution is -0.121. The number of imide groups is 1. The maximum absolute atomic E-state index is 12.2. The van der Waals surface area contributed by atoms with Gasteiger partial charge in [0.2, 0.25) is 5.91 Å². The fraction of sp³-hybridized carbons (Fsp3) is 0.438. The molecule has 0 spiro atoms. The third-order valence-electron chi connectivity index (χ3n) is 3.64. The monoisotopic (exact) mass is 382 g/mol. The summed E-state index contributed by atoms with van der Waals surface area (Å²) in [6.45, 7) is 0.418. The summed E-state index contributed by atoms with van der Waals surface area (Å²) in [6, 6.07) is 4.87.